The molecule has 0 aliphatic carbocycles. The van der Waals surface area contributed by atoms with Crippen molar-refractivity contribution in [3.05, 3.63) is 70.2 Å². The molecule has 0 spiro atoms. The second-order valence-electron chi connectivity index (χ2n) is 5.15. The van der Waals surface area contributed by atoms with Crippen LogP contribution in [0.3, 0.4) is 0 Å². The van der Waals surface area contributed by atoms with Crippen LogP contribution in [0.1, 0.15) is 26.3 Å². The highest BCUT2D eigenvalue weighted by atomic mass is 35.5. The van der Waals surface area contributed by atoms with Gasteiger partial charge in [0.2, 0.25) is 5.91 Å². The van der Waals surface area contributed by atoms with Gasteiger partial charge in [-0.2, -0.15) is 0 Å². The van der Waals surface area contributed by atoms with Crippen molar-refractivity contribution in [1.29, 1.82) is 0 Å². The van der Waals surface area contributed by atoms with E-state index in [2.05, 4.69) is 5.32 Å². The van der Waals surface area contributed by atoms with Gasteiger partial charge in [0.05, 0.1) is 11.1 Å². The quantitative estimate of drug-likeness (QED) is 0.875. The zero-order valence-electron chi connectivity index (χ0n) is 12.1. The molecule has 0 aromatic heterocycles. The summed E-state index contributed by atoms with van der Waals surface area (Å²) in [5, 5.41) is 3.07. The van der Waals surface area contributed by atoms with Crippen LogP contribution in [0.15, 0.2) is 48.5 Å². The molecule has 0 saturated heterocycles. The molecule has 0 saturated carbocycles. The molecule has 0 atom stereocenters. The number of benzene rings is 2. The first-order valence-electron chi connectivity index (χ1n) is 7.02. The maximum absolute atomic E-state index is 12.2. The number of hydrogen-bond acceptors (Lipinski definition) is 3. The fourth-order valence-corrected chi connectivity index (χ4v) is 2.57. The lowest BCUT2D eigenvalue weighted by Crippen LogP contribution is -2.40. The first-order chi connectivity index (χ1) is 11.1. The topological polar surface area (TPSA) is 66.5 Å². The third-order valence-electron chi connectivity index (χ3n) is 3.57. The van der Waals surface area contributed by atoms with Gasteiger partial charge in [0.1, 0.15) is 6.54 Å². The smallest absolute Gasteiger partial charge is 0.262 e. The molecule has 1 N–H and O–H groups in total. The molecular formula is C17H13ClN2O3. The second-order valence-corrected chi connectivity index (χ2v) is 5.59. The molecule has 116 valence electrons. The maximum Gasteiger partial charge on any atom is 0.262 e. The van der Waals surface area contributed by atoms with Gasteiger partial charge in [0.15, 0.2) is 0 Å². The van der Waals surface area contributed by atoms with Gasteiger partial charge in [-0.1, -0.05) is 41.9 Å². The summed E-state index contributed by atoms with van der Waals surface area (Å²) in [4.78, 5) is 37.4. The summed E-state index contributed by atoms with van der Waals surface area (Å²) in [5.74, 6) is -1.37. The van der Waals surface area contributed by atoms with Crippen molar-refractivity contribution < 1.29 is 14.4 Å². The van der Waals surface area contributed by atoms with Gasteiger partial charge in [0, 0.05) is 11.6 Å². The van der Waals surface area contributed by atoms with Gasteiger partial charge in [-0.15, -0.1) is 0 Å². The van der Waals surface area contributed by atoms with E-state index in [0.717, 1.165) is 10.5 Å². The highest BCUT2D eigenvalue weighted by Crippen LogP contribution is 2.25. The number of amides is 3. The SMILES string of the molecule is O=C(CN1C(=O)c2ccc(Cl)cc2C1=O)NCc1ccccc1. The van der Waals surface area contributed by atoms with E-state index in [1.807, 2.05) is 30.3 Å². The van der Waals surface area contributed by atoms with E-state index < -0.39 is 17.7 Å². The van der Waals surface area contributed by atoms with Crippen molar-refractivity contribution in [2.75, 3.05) is 6.54 Å². The molecule has 1 heterocycles. The lowest BCUT2D eigenvalue weighted by molar-refractivity contribution is -0.121. The monoisotopic (exact) mass is 328 g/mol. The van der Waals surface area contributed by atoms with Crippen LogP contribution in [0.4, 0.5) is 0 Å². The van der Waals surface area contributed by atoms with E-state index in [1.54, 1.807) is 6.07 Å². The van der Waals surface area contributed by atoms with Gasteiger partial charge in [-0.05, 0) is 23.8 Å². The number of imide groups is 1. The van der Waals surface area contributed by atoms with E-state index in [4.69, 9.17) is 11.6 Å². The number of carbonyl (C=O) groups is 3. The molecule has 0 bridgehead atoms. The minimum atomic E-state index is -0.498. The fraction of sp³-hybridized carbons (Fsp3) is 0.118. The normalized spacial score (nSPS) is 13.2. The van der Waals surface area contributed by atoms with Crippen LogP contribution >= 0.6 is 11.6 Å². The Kier molecular flexibility index (Phi) is 4.12. The molecule has 3 rings (SSSR count). The van der Waals surface area contributed by atoms with Crippen molar-refractivity contribution in [2.45, 2.75) is 6.54 Å². The zero-order valence-corrected chi connectivity index (χ0v) is 12.8. The van der Waals surface area contributed by atoms with E-state index in [9.17, 15) is 14.4 Å². The van der Waals surface area contributed by atoms with Crippen LogP contribution in [-0.4, -0.2) is 29.2 Å². The molecule has 23 heavy (non-hydrogen) atoms. The molecule has 0 unspecified atom stereocenters. The van der Waals surface area contributed by atoms with Crippen molar-refractivity contribution in [3.8, 4) is 0 Å². The Morgan fingerprint density at radius 2 is 1.70 bits per heavy atom. The highest BCUT2D eigenvalue weighted by molar-refractivity contribution is 6.32. The lowest BCUT2D eigenvalue weighted by atomic mass is 10.1. The van der Waals surface area contributed by atoms with Crippen molar-refractivity contribution in [2.24, 2.45) is 0 Å². The van der Waals surface area contributed by atoms with Crippen molar-refractivity contribution >= 4 is 29.3 Å². The average molecular weight is 329 g/mol. The summed E-state index contributed by atoms with van der Waals surface area (Å²) in [6.45, 7) is 0.0332. The molecule has 2 aromatic rings. The minimum absolute atomic E-state index is 0.235. The summed E-state index contributed by atoms with van der Waals surface area (Å²) >= 11 is 5.85. The Morgan fingerprint density at radius 1 is 1.00 bits per heavy atom. The first-order valence-corrected chi connectivity index (χ1v) is 7.40. The summed E-state index contributed by atoms with van der Waals surface area (Å²) in [6, 6.07) is 13.9. The summed E-state index contributed by atoms with van der Waals surface area (Å²) in [6.07, 6.45) is 0. The van der Waals surface area contributed by atoms with Crippen LogP contribution in [0.2, 0.25) is 5.02 Å². The van der Waals surface area contributed by atoms with Crippen LogP contribution in [0.25, 0.3) is 0 Å². The Morgan fingerprint density at radius 3 is 2.43 bits per heavy atom. The Bertz CT molecular complexity index is 790. The third kappa shape index (κ3) is 3.10. The van der Waals surface area contributed by atoms with Crippen molar-refractivity contribution in [1.82, 2.24) is 10.2 Å². The maximum atomic E-state index is 12.2. The van der Waals surface area contributed by atoms with E-state index in [0.29, 0.717) is 11.6 Å². The molecule has 1 aliphatic heterocycles. The molecule has 6 heteroatoms. The highest BCUT2D eigenvalue weighted by Gasteiger charge is 2.36. The fourth-order valence-electron chi connectivity index (χ4n) is 2.40. The standard InChI is InChI=1S/C17H13ClN2O3/c18-12-6-7-13-14(8-12)17(23)20(16(13)22)10-15(21)19-9-11-4-2-1-3-5-11/h1-8H,9-10H2,(H,19,21). The predicted octanol–water partition coefficient (Wildman–Crippen LogP) is 2.25. The molecule has 0 fully saturated rings. The molecule has 5 nitrogen and oxygen atoms in total. The number of halogens is 1. The van der Waals surface area contributed by atoms with E-state index in [1.165, 1.54) is 12.1 Å². The molecule has 3 amide bonds. The number of rotatable bonds is 4. The average Bonchev–Trinajstić information content (AvgIpc) is 2.78. The Hall–Kier alpha value is -2.66. The predicted molar refractivity (Wildman–Crippen MR) is 85.1 cm³/mol. The summed E-state index contributed by atoms with van der Waals surface area (Å²) < 4.78 is 0. The number of nitrogens with zero attached hydrogens (tertiary/aromatic N) is 1. The largest absolute Gasteiger partial charge is 0.350 e. The first kappa shape index (κ1) is 15.2. The third-order valence-corrected chi connectivity index (χ3v) is 3.80. The van der Waals surface area contributed by atoms with Gasteiger partial charge in [-0.3, -0.25) is 19.3 Å². The van der Waals surface area contributed by atoms with Gasteiger partial charge in [0.25, 0.3) is 11.8 Å². The molecule has 0 radical (unpaired) electrons. The van der Waals surface area contributed by atoms with Gasteiger partial charge >= 0.3 is 0 Å². The summed E-state index contributed by atoms with van der Waals surface area (Å²) in [7, 11) is 0. The number of hydrogen-bond donors (Lipinski definition) is 1. The number of nitrogens with one attached hydrogen (secondary N) is 1. The van der Waals surface area contributed by atoms with Crippen LogP contribution in [-0.2, 0) is 11.3 Å². The molecule has 1 aliphatic rings. The number of carbonyl (C=O) groups excluding carboxylic acids is 3. The van der Waals surface area contributed by atoms with Gasteiger partial charge < -0.3 is 5.32 Å². The van der Waals surface area contributed by atoms with Crippen LogP contribution in [0.5, 0.6) is 0 Å². The zero-order chi connectivity index (χ0) is 16.4. The van der Waals surface area contributed by atoms with Crippen LogP contribution < -0.4 is 5.32 Å². The second kappa shape index (κ2) is 6.22. The Labute approximate surface area is 137 Å². The summed E-state index contributed by atoms with van der Waals surface area (Å²) in [5.41, 5.74) is 1.45. The lowest BCUT2D eigenvalue weighted by Gasteiger charge is -2.13. The Balaban J connectivity index is 1.66. The van der Waals surface area contributed by atoms with E-state index >= 15 is 0 Å². The molecular weight excluding hydrogens is 316 g/mol. The number of fused-ring (bicyclic) bond motifs is 1. The van der Waals surface area contributed by atoms with Crippen molar-refractivity contribution in [3.63, 3.8) is 0 Å². The van der Waals surface area contributed by atoms with Crippen LogP contribution in [0, 0.1) is 0 Å². The van der Waals surface area contributed by atoms with E-state index in [-0.39, 0.29) is 17.7 Å². The van der Waals surface area contributed by atoms with Gasteiger partial charge in [-0.25, -0.2) is 0 Å². The molecule has 2 aromatic carbocycles. The minimum Gasteiger partial charge on any atom is -0.350 e.